The molecule has 2 rings (SSSR count). The van der Waals surface area contributed by atoms with Crippen molar-refractivity contribution in [2.45, 2.75) is 39.3 Å². The maximum Gasteiger partial charge on any atom is 0.224 e. The van der Waals surface area contributed by atoms with Crippen LogP contribution in [-0.2, 0) is 11.3 Å². The second-order valence-corrected chi connectivity index (χ2v) is 6.38. The fraction of sp³-hybridized carbons (Fsp3) is 0.562. The van der Waals surface area contributed by atoms with Crippen molar-refractivity contribution in [1.29, 1.82) is 0 Å². The highest BCUT2D eigenvalue weighted by Gasteiger charge is 2.30. The fourth-order valence-electron chi connectivity index (χ4n) is 2.40. The van der Waals surface area contributed by atoms with Crippen molar-refractivity contribution in [2.75, 3.05) is 13.1 Å². The van der Waals surface area contributed by atoms with E-state index in [1.807, 2.05) is 18.2 Å². The van der Waals surface area contributed by atoms with E-state index in [0.29, 0.717) is 0 Å². The van der Waals surface area contributed by atoms with Crippen LogP contribution in [0.15, 0.2) is 30.3 Å². The first-order valence-corrected chi connectivity index (χ1v) is 7.29. The number of hydrogen-bond donors (Lipinski definition) is 2. The van der Waals surface area contributed by atoms with E-state index in [0.717, 1.165) is 26.1 Å². The molecule has 0 radical (unpaired) electrons. The van der Waals surface area contributed by atoms with Crippen LogP contribution in [0.3, 0.4) is 0 Å². The van der Waals surface area contributed by atoms with Crippen LogP contribution in [0.25, 0.3) is 0 Å². The minimum absolute atomic E-state index is 0.0162. The van der Waals surface area contributed by atoms with Crippen molar-refractivity contribution in [3.05, 3.63) is 35.9 Å². The van der Waals surface area contributed by atoms with Crippen molar-refractivity contribution >= 4 is 5.91 Å². The number of hydrazine groups is 1. The van der Waals surface area contributed by atoms with Crippen molar-refractivity contribution in [1.82, 2.24) is 15.8 Å². The quantitative estimate of drug-likeness (QED) is 0.807. The molecule has 1 aliphatic rings. The number of amides is 1. The molecule has 1 aromatic carbocycles. The Kier molecular flexibility index (Phi) is 4.78. The van der Waals surface area contributed by atoms with Gasteiger partial charge in [-0.2, -0.15) is 0 Å². The molecule has 1 amide bonds. The molecule has 1 saturated heterocycles. The molecule has 2 N–H and O–H groups in total. The summed E-state index contributed by atoms with van der Waals surface area (Å²) in [5, 5.41) is 5.10. The molecule has 20 heavy (non-hydrogen) atoms. The molecule has 1 aromatic rings. The van der Waals surface area contributed by atoms with Gasteiger partial charge in [0.2, 0.25) is 5.91 Å². The van der Waals surface area contributed by atoms with Gasteiger partial charge >= 0.3 is 0 Å². The van der Waals surface area contributed by atoms with Gasteiger partial charge in [0.15, 0.2) is 0 Å². The van der Waals surface area contributed by atoms with Crippen molar-refractivity contribution in [3.63, 3.8) is 0 Å². The van der Waals surface area contributed by atoms with Gasteiger partial charge in [0.25, 0.3) is 0 Å². The Hall–Kier alpha value is -1.39. The fourth-order valence-corrected chi connectivity index (χ4v) is 2.40. The number of benzene rings is 1. The lowest BCUT2D eigenvalue weighted by Crippen LogP contribution is -2.52. The average molecular weight is 275 g/mol. The predicted molar refractivity (Wildman–Crippen MR) is 80.9 cm³/mol. The van der Waals surface area contributed by atoms with Gasteiger partial charge in [-0.05, 0) is 32.8 Å². The van der Waals surface area contributed by atoms with Crippen LogP contribution in [0.1, 0.15) is 32.8 Å². The van der Waals surface area contributed by atoms with E-state index in [9.17, 15) is 4.79 Å². The highest BCUT2D eigenvalue weighted by Crippen LogP contribution is 2.17. The molecule has 1 heterocycles. The lowest BCUT2D eigenvalue weighted by molar-refractivity contribution is -0.123. The Bertz CT molecular complexity index is 439. The summed E-state index contributed by atoms with van der Waals surface area (Å²) in [5.41, 5.74) is 4.71. The summed E-state index contributed by atoms with van der Waals surface area (Å²) in [4.78, 5) is 11.7. The zero-order valence-corrected chi connectivity index (χ0v) is 12.6. The normalized spacial score (nSPS) is 19.4. The Labute approximate surface area is 121 Å². The molecule has 1 fully saturated rings. The summed E-state index contributed by atoms with van der Waals surface area (Å²) < 4.78 is 0. The summed E-state index contributed by atoms with van der Waals surface area (Å²) in [6, 6.07) is 10.3. The molecule has 0 aliphatic carbocycles. The molecule has 1 unspecified atom stereocenters. The van der Waals surface area contributed by atoms with E-state index in [-0.39, 0.29) is 17.4 Å². The number of carbonyl (C=O) groups is 1. The smallest absolute Gasteiger partial charge is 0.224 e. The maximum absolute atomic E-state index is 11.7. The zero-order valence-electron chi connectivity index (χ0n) is 12.6. The Balaban J connectivity index is 1.95. The molecule has 110 valence electrons. The molecule has 0 spiro atoms. The lowest BCUT2D eigenvalue weighted by Gasteiger charge is -2.37. The Morgan fingerprint density at radius 2 is 2.00 bits per heavy atom. The third-order valence-corrected chi connectivity index (χ3v) is 3.69. The van der Waals surface area contributed by atoms with E-state index in [4.69, 9.17) is 0 Å². The number of rotatable bonds is 5. The topological polar surface area (TPSA) is 44.4 Å². The van der Waals surface area contributed by atoms with Crippen molar-refractivity contribution < 1.29 is 4.79 Å². The molecular formula is C16H25N3O. The number of nitrogens with zero attached hydrogens (tertiary/aromatic N) is 1. The van der Waals surface area contributed by atoms with Crippen LogP contribution >= 0.6 is 0 Å². The van der Waals surface area contributed by atoms with E-state index >= 15 is 0 Å². The van der Waals surface area contributed by atoms with Crippen molar-refractivity contribution in [2.24, 2.45) is 5.92 Å². The van der Waals surface area contributed by atoms with Crippen molar-refractivity contribution in [3.8, 4) is 0 Å². The van der Waals surface area contributed by atoms with Crippen LogP contribution in [-0.4, -0.2) is 29.5 Å². The van der Waals surface area contributed by atoms with Crippen LogP contribution < -0.4 is 10.7 Å². The van der Waals surface area contributed by atoms with Crippen LogP contribution in [0.4, 0.5) is 0 Å². The van der Waals surface area contributed by atoms with Crippen LogP contribution in [0.2, 0.25) is 0 Å². The first-order valence-electron chi connectivity index (χ1n) is 7.29. The number of nitrogens with one attached hydrogen (secondary N) is 2. The highest BCUT2D eigenvalue weighted by atomic mass is 16.2. The summed E-state index contributed by atoms with van der Waals surface area (Å²) in [6.07, 6.45) is 0.929. The third kappa shape index (κ3) is 4.05. The maximum atomic E-state index is 11.7. The SMILES string of the molecule is CC(C)(C)N(CC1CCNC1=O)NCc1ccccc1. The Morgan fingerprint density at radius 1 is 1.30 bits per heavy atom. The van der Waals surface area contributed by atoms with Gasteiger partial charge in [-0.25, -0.2) is 5.01 Å². The van der Waals surface area contributed by atoms with Gasteiger partial charge in [-0.1, -0.05) is 30.3 Å². The number of hydrogen-bond acceptors (Lipinski definition) is 3. The molecule has 0 saturated carbocycles. The molecule has 1 atom stereocenters. The average Bonchev–Trinajstić information content (AvgIpc) is 2.80. The van der Waals surface area contributed by atoms with Gasteiger partial charge in [0.05, 0.1) is 5.92 Å². The summed E-state index contributed by atoms with van der Waals surface area (Å²) >= 11 is 0. The largest absolute Gasteiger partial charge is 0.356 e. The molecule has 0 bridgehead atoms. The van der Waals surface area contributed by atoms with E-state index < -0.39 is 0 Å². The standard InChI is InChI=1S/C16H25N3O/c1-16(2,3)19(12-14-9-10-17-15(14)20)18-11-13-7-5-4-6-8-13/h4-8,14,18H,9-12H2,1-3H3,(H,17,20). The Morgan fingerprint density at radius 3 is 2.55 bits per heavy atom. The van der Waals surface area contributed by atoms with Crippen LogP contribution in [0.5, 0.6) is 0 Å². The summed E-state index contributed by atoms with van der Waals surface area (Å²) in [7, 11) is 0. The monoisotopic (exact) mass is 275 g/mol. The van der Waals surface area contributed by atoms with E-state index in [1.165, 1.54) is 5.56 Å². The lowest BCUT2D eigenvalue weighted by atomic mass is 10.0. The number of carbonyl (C=O) groups excluding carboxylic acids is 1. The molecule has 1 aliphatic heterocycles. The van der Waals surface area contributed by atoms with E-state index in [2.05, 4.69) is 48.7 Å². The van der Waals surface area contributed by atoms with Crippen LogP contribution in [0, 0.1) is 5.92 Å². The first kappa shape index (κ1) is 15.0. The van der Waals surface area contributed by atoms with Gasteiger partial charge < -0.3 is 5.32 Å². The van der Waals surface area contributed by atoms with Gasteiger partial charge in [0.1, 0.15) is 0 Å². The second kappa shape index (κ2) is 6.37. The first-order chi connectivity index (χ1) is 9.47. The molecular weight excluding hydrogens is 250 g/mol. The van der Waals surface area contributed by atoms with Gasteiger partial charge in [0, 0.05) is 25.2 Å². The highest BCUT2D eigenvalue weighted by molar-refractivity contribution is 5.80. The summed E-state index contributed by atoms with van der Waals surface area (Å²) in [6.45, 7) is 8.84. The zero-order chi connectivity index (χ0) is 14.6. The van der Waals surface area contributed by atoms with E-state index in [1.54, 1.807) is 0 Å². The van der Waals surface area contributed by atoms with Gasteiger partial charge in [-0.3, -0.25) is 10.2 Å². The van der Waals surface area contributed by atoms with Gasteiger partial charge in [-0.15, -0.1) is 0 Å². The summed E-state index contributed by atoms with van der Waals surface area (Å²) in [5.74, 6) is 0.276. The molecule has 4 heteroatoms. The minimum atomic E-state index is -0.0162. The second-order valence-electron chi connectivity index (χ2n) is 6.38. The molecule has 0 aromatic heterocycles. The third-order valence-electron chi connectivity index (χ3n) is 3.69. The molecule has 4 nitrogen and oxygen atoms in total. The minimum Gasteiger partial charge on any atom is -0.356 e. The predicted octanol–water partition coefficient (Wildman–Crippen LogP) is 1.93.